The summed E-state index contributed by atoms with van der Waals surface area (Å²) in [7, 11) is 0. The minimum atomic E-state index is 0.140. The van der Waals surface area contributed by atoms with E-state index >= 15 is 0 Å². The summed E-state index contributed by atoms with van der Waals surface area (Å²) in [6, 6.07) is 9.94. The predicted octanol–water partition coefficient (Wildman–Crippen LogP) is 3.83. The lowest BCUT2D eigenvalue weighted by Gasteiger charge is -2.09. The first-order chi connectivity index (χ1) is 9.04. The van der Waals surface area contributed by atoms with Gasteiger partial charge in [-0.15, -0.1) is 0 Å². The molecular formula is C15H17BrN2O. The minimum Gasteiger partial charge on any atom is -0.439 e. The number of aromatic nitrogens is 1. The number of nitrogens with two attached hydrogens (primary N) is 1. The standard InChI is InChI=1S/C15H17BrN2O/c1-10-3-5-13(16)8-14(10)19-15-6-4-12(9-18-15)7-11(2)17/h3-6,8-9,11H,7,17H2,1-2H3. The Morgan fingerprint density at radius 1 is 1.32 bits per heavy atom. The van der Waals surface area contributed by atoms with E-state index in [4.69, 9.17) is 10.5 Å². The van der Waals surface area contributed by atoms with E-state index in [2.05, 4.69) is 20.9 Å². The molecular weight excluding hydrogens is 304 g/mol. The molecule has 2 N–H and O–H groups in total. The van der Waals surface area contributed by atoms with Crippen LogP contribution < -0.4 is 10.5 Å². The molecule has 2 aromatic rings. The highest BCUT2D eigenvalue weighted by molar-refractivity contribution is 9.10. The number of halogens is 1. The lowest BCUT2D eigenvalue weighted by Crippen LogP contribution is -2.17. The normalized spacial score (nSPS) is 12.2. The van der Waals surface area contributed by atoms with E-state index in [0.717, 1.165) is 27.8 Å². The Hall–Kier alpha value is -1.39. The average Bonchev–Trinajstić information content (AvgIpc) is 2.35. The summed E-state index contributed by atoms with van der Waals surface area (Å²) in [5.41, 5.74) is 7.95. The minimum absolute atomic E-state index is 0.140. The number of ether oxygens (including phenoxy) is 1. The van der Waals surface area contributed by atoms with E-state index in [-0.39, 0.29) is 6.04 Å². The molecule has 19 heavy (non-hydrogen) atoms. The van der Waals surface area contributed by atoms with Gasteiger partial charge in [-0.3, -0.25) is 0 Å². The smallest absolute Gasteiger partial charge is 0.219 e. The molecule has 1 heterocycles. The molecule has 0 saturated carbocycles. The zero-order chi connectivity index (χ0) is 13.8. The van der Waals surface area contributed by atoms with Gasteiger partial charge in [0.15, 0.2) is 0 Å². The molecule has 0 spiro atoms. The first-order valence-electron chi connectivity index (χ1n) is 6.19. The number of hydrogen-bond donors (Lipinski definition) is 1. The Bertz CT molecular complexity index is 553. The fourth-order valence-corrected chi connectivity index (χ4v) is 2.10. The van der Waals surface area contributed by atoms with E-state index in [1.807, 2.05) is 50.4 Å². The van der Waals surface area contributed by atoms with Crippen molar-refractivity contribution in [3.05, 3.63) is 52.1 Å². The second-order valence-electron chi connectivity index (χ2n) is 4.70. The van der Waals surface area contributed by atoms with Crippen molar-refractivity contribution >= 4 is 15.9 Å². The summed E-state index contributed by atoms with van der Waals surface area (Å²) in [5.74, 6) is 1.40. The van der Waals surface area contributed by atoms with Crippen LogP contribution in [0.3, 0.4) is 0 Å². The highest BCUT2D eigenvalue weighted by Crippen LogP contribution is 2.27. The Kier molecular flexibility index (Phi) is 4.56. The summed E-state index contributed by atoms with van der Waals surface area (Å²) < 4.78 is 6.77. The van der Waals surface area contributed by atoms with Crippen molar-refractivity contribution in [3.63, 3.8) is 0 Å². The number of hydrogen-bond acceptors (Lipinski definition) is 3. The van der Waals surface area contributed by atoms with E-state index < -0.39 is 0 Å². The van der Waals surface area contributed by atoms with Gasteiger partial charge in [0.1, 0.15) is 5.75 Å². The van der Waals surface area contributed by atoms with Crippen molar-refractivity contribution in [2.45, 2.75) is 26.3 Å². The molecule has 0 radical (unpaired) electrons. The van der Waals surface area contributed by atoms with Crippen molar-refractivity contribution in [2.75, 3.05) is 0 Å². The molecule has 1 unspecified atom stereocenters. The van der Waals surface area contributed by atoms with E-state index in [9.17, 15) is 0 Å². The predicted molar refractivity (Wildman–Crippen MR) is 80.5 cm³/mol. The zero-order valence-electron chi connectivity index (χ0n) is 11.1. The second kappa shape index (κ2) is 6.17. The van der Waals surface area contributed by atoms with Gasteiger partial charge in [-0.05, 0) is 43.5 Å². The number of rotatable bonds is 4. The van der Waals surface area contributed by atoms with Crippen LogP contribution in [0.2, 0.25) is 0 Å². The molecule has 1 aromatic heterocycles. The van der Waals surface area contributed by atoms with E-state index in [0.29, 0.717) is 5.88 Å². The molecule has 100 valence electrons. The van der Waals surface area contributed by atoms with Crippen LogP contribution in [0.15, 0.2) is 41.0 Å². The summed E-state index contributed by atoms with van der Waals surface area (Å²) in [5, 5.41) is 0. The monoisotopic (exact) mass is 320 g/mol. The number of aryl methyl sites for hydroxylation is 1. The highest BCUT2D eigenvalue weighted by Gasteiger charge is 2.04. The Morgan fingerprint density at radius 2 is 2.11 bits per heavy atom. The topological polar surface area (TPSA) is 48.1 Å². The summed E-state index contributed by atoms with van der Waals surface area (Å²) in [4.78, 5) is 4.30. The van der Waals surface area contributed by atoms with E-state index in [1.165, 1.54) is 0 Å². The zero-order valence-corrected chi connectivity index (χ0v) is 12.6. The first-order valence-corrected chi connectivity index (χ1v) is 6.98. The third kappa shape index (κ3) is 4.04. The Morgan fingerprint density at radius 3 is 2.74 bits per heavy atom. The van der Waals surface area contributed by atoms with Crippen LogP contribution >= 0.6 is 15.9 Å². The lowest BCUT2D eigenvalue weighted by atomic mass is 10.1. The largest absolute Gasteiger partial charge is 0.439 e. The van der Waals surface area contributed by atoms with Crippen molar-refractivity contribution in [1.29, 1.82) is 0 Å². The van der Waals surface area contributed by atoms with E-state index in [1.54, 1.807) is 0 Å². The molecule has 0 aliphatic heterocycles. The van der Waals surface area contributed by atoms with Gasteiger partial charge in [-0.25, -0.2) is 4.98 Å². The number of nitrogens with zero attached hydrogens (tertiary/aromatic N) is 1. The molecule has 0 aliphatic rings. The van der Waals surface area contributed by atoms with Crippen molar-refractivity contribution < 1.29 is 4.74 Å². The second-order valence-corrected chi connectivity index (χ2v) is 5.61. The molecule has 1 aromatic carbocycles. The van der Waals surface area contributed by atoms with Gasteiger partial charge in [-0.1, -0.05) is 28.1 Å². The van der Waals surface area contributed by atoms with Crippen LogP contribution in [0.5, 0.6) is 11.6 Å². The van der Waals surface area contributed by atoms with Crippen molar-refractivity contribution in [1.82, 2.24) is 4.98 Å². The maximum atomic E-state index is 5.78. The first kappa shape index (κ1) is 14.0. The van der Waals surface area contributed by atoms with Gasteiger partial charge < -0.3 is 10.5 Å². The molecule has 1 atom stereocenters. The maximum Gasteiger partial charge on any atom is 0.219 e. The third-order valence-electron chi connectivity index (χ3n) is 2.72. The molecule has 0 aliphatic carbocycles. The van der Waals surface area contributed by atoms with Crippen LogP contribution in [0, 0.1) is 6.92 Å². The number of benzene rings is 1. The van der Waals surface area contributed by atoms with Crippen LogP contribution in [0.25, 0.3) is 0 Å². The summed E-state index contributed by atoms with van der Waals surface area (Å²) in [6.07, 6.45) is 2.63. The fraction of sp³-hybridized carbons (Fsp3) is 0.267. The molecule has 2 rings (SSSR count). The maximum absolute atomic E-state index is 5.78. The van der Waals surface area contributed by atoms with Gasteiger partial charge in [-0.2, -0.15) is 0 Å². The molecule has 0 fully saturated rings. The van der Waals surface area contributed by atoms with Crippen molar-refractivity contribution in [3.8, 4) is 11.6 Å². The molecule has 0 amide bonds. The molecule has 0 saturated heterocycles. The quantitative estimate of drug-likeness (QED) is 0.931. The highest BCUT2D eigenvalue weighted by atomic mass is 79.9. The van der Waals surface area contributed by atoms with Gasteiger partial charge in [0.2, 0.25) is 5.88 Å². The lowest BCUT2D eigenvalue weighted by molar-refractivity contribution is 0.458. The summed E-state index contributed by atoms with van der Waals surface area (Å²) in [6.45, 7) is 3.99. The van der Waals surface area contributed by atoms with Crippen LogP contribution in [-0.2, 0) is 6.42 Å². The fourth-order valence-electron chi connectivity index (χ4n) is 1.76. The van der Waals surface area contributed by atoms with Gasteiger partial charge in [0.25, 0.3) is 0 Å². The van der Waals surface area contributed by atoms with Crippen LogP contribution in [0.4, 0.5) is 0 Å². The number of pyridine rings is 1. The molecule has 3 nitrogen and oxygen atoms in total. The van der Waals surface area contributed by atoms with Gasteiger partial charge >= 0.3 is 0 Å². The molecule has 0 bridgehead atoms. The third-order valence-corrected chi connectivity index (χ3v) is 3.21. The van der Waals surface area contributed by atoms with Gasteiger partial charge in [0.05, 0.1) is 0 Å². The Balaban J connectivity index is 2.13. The molecule has 4 heteroatoms. The van der Waals surface area contributed by atoms with Gasteiger partial charge in [0, 0.05) is 22.8 Å². The van der Waals surface area contributed by atoms with Crippen LogP contribution in [0.1, 0.15) is 18.1 Å². The average molecular weight is 321 g/mol. The SMILES string of the molecule is Cc1ccc(Br)cc1Oc1ccc(CC(C)N)cn1. The van der Waals surface area contributed by atoms with Crippen LogP contribution in [-0.4, -0.2) is 11.0 Å². The van der Waals surface area contributed by atoms with Crippen molar-refractivity contribution in [2.24, 2.45) is 5.73 Å². The summed E-state index contributed by atoms with van der Waals surface area (Å²) >= 11 is 3.43. The Labute approximate surface area is 121 Å².